The molecule has 0 aliphatic rings. The number of hydrogen-bond donors (Lipinski definition) is 1. The molecule has 0 bridgehead atoms. The summed E-state index contributed by atoms with van der Waals surface area (Å²) in [6.45, 7) is -3.29. The molecule has 0 amide bonds. The predicted octanol–water partition coefficient (Wildman–Crippen LogP) is 2.43. The molecule has 0 atom stereocenters. The summed E-state index contributed by atoms with van der Waals surface area (Å²) in [5.41, 5.74) is -1.41. The lowest BCUT2D eigenvalue weighted by Gasteiger charge is -2.08. The van der Waals surface area contributed by atoms with Gasteiger partial charge in [-0.1, -0.05) is 0 Å². The summed E-state index contributed by atoms with van der Waals surface area (Å²) in [6.07, 6.45) is 1.34. The van der Waals surface area contributed by atoms with Crippen LogP contribution in [0.15, 0.2) is 18.2 Å². The van der Waals surface area contributed by atoms with Crippen molar-refractivity contribution in [3.63, 3.8) is 0 Å². The Morgan fingerprint density at radius 1 is 1.47 bits per heavy atom. The fraction of sp³-hybridized carbons (Fsp3) is 0.100. The molecule has 9 heteroatoms. The van der Waals surface area contributed by atoms with Crippen molar-refractivity contribution in [2.45, 2.75) is 6.61 Å². The van der Waals surface area contributed by atoms with E-state index in [2.05, 4.69) is 4.74 Å². The third-order valence-electron chi connectivity index (χ3n) is 1.90. The van der Waals surface area contributed by atoms with Crippen LogP contribution in [0.5, 0.6) is 5.75 Å². The number of carboxylic acid groups (broad SMARTS) is 1. The molecule has 19 heavy (non-hydrogen) atoms. The van der Waals surface area contributed by atoms with Crippen LogP contribution >= 0.6 is 0 Å². The summed E-state index contributed by atoms with van der Waals surface area (Å²) in [5, 5.41) is 18.8. The summed E-state index contributed by atoms with van der Waals surface area (Å²) < 4.78 is 41.5. The van der Waals surface area contributed by atoms with Crippen molar-refractivity contribution in [1.82, 2.24) is 0 Å². The maximum atomic E-state index is 13.3. The number of nitrogens with zero attached hydrogens (tertiary/aromatic N) is 1. The molecule has 0 radical (unpaired) electrons. The number of ether oxygens (including phenoxy) is 1. The largest absolute Gasteiger partial charge is 0.478 e. The van der Waals surface area contributed by atoms with Crippen LogP contribution < -0.4 is 4.74 Å². The number of hydrogen-bond acceptors (Lipinski definition) is 4. The molecule has 0 saturated carbocycles. The van der Waals surface area contributed by atoms with Crippen molar-refractivity contribution in [2.75, 3.05) is 0 Å². The van der Waals surface area contributed by atoms with Gasteiger partial charge in [-0.3, -0.25) is 10.1 Å². The fourth-order valence-corrected chi connectivity index (χ4v) is 1.19. The van der Waals surface area contributed by atoms with Crippen molar-refractivity contribution >= 4 is 17.7 Å². The Hall–Kier alpha value is -2.58. The van der Waals surface area contributed by atoms with E-state index in [1.807, 2.05) is 0 Å². The topological polar surface area (TPSA) is 89.7 Å². The summed E-state index contributed by atoms with van der Waals surface area (Å²) in [6, 6.07) is 0.998. The average Bonchev–Trinajstić information content (AvgIpc) is 2.27. The van der Waals surface area contributed by atoms with E-state index in [9.17, 15) is 28.1 Å². The normalized spacial score (nSPS) is 10.9. The highest BCUT2D eigenvalue weighted by atomic mass is 19.3. The number of benzene rings is 1. The molecule has 1 N–H and O–H groups in total. The molecule has 0 spiro atoms. The van der Waals surface area contributed by atoms with Gasteiger partial charge in [-0.05, 0) is 12.1 Å². The number of halogens is 3. The number of rotatable bonds is 5. The summed E-state index contributed by atoms with van der Waals surface area (Å²) in [5.74, 6) is -3.39. The quantitative estimate of drug-likeness (QED) is 0.507. The van der Waals surface area contributed by atoms with Gasteiger partial charge in [0, 0.05) is 11.6 Å². The third-order valence-corrected chi connectivity index (χ3v) is 1.90. The molecular weight excluding hydrogens is 271 g/mol. The van der Waals surface area contributed by atoms with Gasteiger partial charge in [0.2, 0.25) is 5.82 Å². The SMILES string of the molecule is O=C(O)/C=C/c1cc(F)c([N+](=O)[O-])cc1OC(F)F. The number of carboxylic acids is 1. The highest BCUT2D eigenvalue weighted by Crippen LogP contribution is 2.30. The first kappa shape index (κ1) is 14.5. The molecule has 0 heterocycles. The molecule has 102 valence electrons. The lowest BCUT2D eigenvalue weighted by Crippen LogP contribution is -2.05. The summed E-state index contributed by atoms with van der Waals surface area (Å²) in [7, 11) is 0. The standard InChI is InChI=1S/C10H6F3NO5/c11-6-3-5(1-2-9(15)16)8(19-10(12)13)4-7(6)14(17)18/h1-4,10H,(H,15,16)/b2-1+. The Labute approximate surface area is 103 Å². The molecule has 0 aliphatic carbocycles. The van der Waals surface area contributed by atoms with Crippen LogP contribution in [0.25, 0.3) is 6.08 Å². The van der Waals surface area contributed by atoms with Crippen molar-refractivity contribution < 1.29 is 32.7 Å². The third kappa shape index (κ3) is 3.98. The van der Waals surface area contributed by atoms with E-state index in [4.69, 9.17) is 5.11 Å². The minimum Gasteiger partial charge on any atom is -0.478 e. The first-order chi connectivity index (χ1) is 8.81. The smallest absolute Gasteiger partial charge is 0.387 e. The van der Waals surface area contributed by atoms with E-state index in [-0.39, 0.29) is 5.56 Å². The zero-order valence-electron chi connectivity index (χ0n) is 9.05. The van der Waals surface area contributed by atoms with E-state index < -0.39 is 34.8 Å². The van der Waals surface area contributed by atoms with Crippen LogP contribution in [0.1, 0.15) is 5.56 Å². The van der Waals surface area contributed by atoms with Crippen molar-refractivity contribution in [3.05, 3.63) is 39.7 Å². The van der Waals surface area contributed by atoms with Gasteiger partial charge in [0.15, 0.2) is 0 Å². The first-order valence-corrected chi connectivity index (χ1v) is 4.65. The van der Waals surface area contributed by atoms with E-state index in [0.29, 0.717) is 18.2 Å². The van der Waals surface area contributed by atoms with Crippen molar-refractivity contribution in [1.29, 1.82) is 0 Å². The van der Waals surface area contributed by atoms with Crippen molar-refractivity contribution in [2.24, 2.45) is 0 Å². The minimum absolute atomic E-state index is 0.356. The van der Waals surface area contributed by atoms with Crippen LogP contribution in [0.3, 0.4) is 0 Å². The molecule has 0 fully saturated rings. The second-order valence-corrected chi connectivity index (χ2v) is 3.15. The van der Waals surface area contributed by atoms with Crippen LogP contribution in [-0.2, 0) is 4.79 Å². The van der Waals surface area contributed by atoms with Gasteiger partial charge >= 0.3 is 18.3 Å². The van der Waals surface area contributed by atoms with Gasteiger partial charge in [-0.2, -0.15) is 13.2 Å². The Morgan fingerprint density at radius 2 is 2.11 bits per heavy atom. The lowest BCUT2D eigenvalue weighted by molar-refractivity contribution is -0.387. The van der Waals surface area contributed by atoms with Gasteiger partial charge < -0.3 is 9.84 Å². The van der Waals surface area contributed by atoms with Gasteiger partial charge in [-0.15, -0.1) is 0 Å². The number of alkyl halides is 2. The molecule has 1 aromatic carbocycles. The zero-order chi connectivity index (χ0) is 14.6. The zero-order valence-corrected chi connectivity index (χ0v) is 9.05. The molecule has 1 aromatic rings. The number of aliphatic carboxylic acids is 1. The molecule has 0 aliphatic heterocycles. The Bertz CT molecular complexity index is 544. The molecule has 6 nitrogen and oxygen atoms in total. The van der Waals surface area contributed by atoms with Crippen LogP contribution in [0.2, 0.25) is 0 Å². The first-order valence-electron chi connectivity index (χ1n) is 4.65. The Balaban J connectivity index is 3.31. The number of nitro groups is 1. The second-order valence-electron chi connectivity index (χ2n) is 3.15. The summed E-state index contributed by atoms with van der Waals surface area (Å²) >= 11 is 0. The number of nitro benzene ring substituents is 1. The number of carbonyl (C=O) groups is 1. The second kappa shape index (κ2) is 5.85. The molecule has 0 unspecified atom stereocenters. The summed E-state index contributed by atoms with van der Waals surface area (Å²) in [4.78, 5) is 19.6. The van der Waals surface area contributed by atoms with E-state index >= 15 is 0 Å². The highest BCUT2D eigenvalue weighted by Gasteiger charge is 2.20. The molecule has 0 saturated heterocycles. The van der Waals surface area contributed by atoms with Crippen LogP contribution in [0, 0.1) is 15.9 Å². The Kier molecular flexibility index (Phi) is 4.46. The fourth-order valence-electron chi connectivity index (χ4n) is 1.19. The van der Waals surface area contributed by atoms with Gasteiger partial charge in [-0.25, -0.2) is 4.79 Å². The van der Waals surface area contributed by atoms with E-state index in [0.717, 1.165) is 6.08 Å². The van der Waals surface area contributed by atoms with E-state index in [1.165, 1.54) is 0 Å². The monoisotopic (exact) mass is 277 g/mol. The highest BCUT2D eigenvalue weighted by molar-refractivity contribution is 5.86. The van der Waals surface area contributed by atoms with Crippen LogP contribution in [0.4, 0.5) is 18.9 Å². The average molecular weight is 277 g/mol. The van der Waals surface area contributed by atoms with E-state index in [1.54, 1.807) is 0 Å². The van der Waals surface area contributed by atoms with Gasteiger partial charge in [0.05, 0.1) is 11.0 Å². The predicted molar refractivity (Wildman–Crippen MR) is 56.4 cm³/mol. The lowest BCUT2D eigenvalue weighted by atomic mass is 10.1. The van der Waals surface area contributed by atoms with Crippen molar-refractivity contribution in [3.8, 4) is 5.75 Å². The van der Waals surface area contributed by atoms with Crippen LogP contribution in [-0.4, -0.2) is 22.6 Å². The molecule has 0 aromatic heterocycles. The Morgan fingerprint density at radius 3 is 2.58 bits per heavy atom. The minimum atomic E-state index is -3.29. The molecular formula is C10H6F3NO5. The maximum absolute atomic E-state index is 13.3. The van der Waals surface area contributed by atoms with Gasteiger partial charge in [0.25, 0.3) is 0 Å². The maximum Gasteiger partial charge on any atom is 0.387 e. The molecule has 1 rings (SSSR count). The van der Waals surface area contributed by atoms with Gasteiger partial charge in [0.1, 0.15) is 5.75 Å².